The molecule has 102 valence electrons. The topological polar surface area (TPSA) is 98.7 Å². The second kappa shape index (κ2) is 6.60. The summed E-state index contributed by atoms with van der Waals surface area (Å²) < 4.78 is 0. The van der Waals surface area contributed by atoms with Crippen molar-refractivity contribution < 1.29 is 19.5 Å². The average Bonchev–Trinajstić information content (AvgIpc) is 2.62. The van der Waals surface area contributed by atoms with Gasteiger partial charge in [0.15, 0.2) is 0 Å². The predicted molar refractivity (Wildman–Crippen MR) is 67.1 cm³/mol. The molecule has 1 rings (SSSR count). The Morgan fingerprint density at radius 1 is 1.61 bits per heavy atom. The number of carbonyl (C=O) groups is 3. The van der Waals surface area contributed by atoms with Gasteiger partial charge in [0, 0.05) is 11.3 Å². The summed E-state index contributed by atoms with van der Waals surface area (Å²) in [6.07, 6.45) is 1.83. The molecule has 1 aliphatic rings. The molecule has 1 saturated heterocycles. The lowest BCUT2D eigenvalue weighted by Crippen LogP contribution is -2.47. The molecule has 3 N–H and O–H groups in total. The lowest BCUT2D eigenvalue weighted by molar-refractivity contribution is -0.130. The van der Waals surface area contributed by atoms with Crippen molar-refractivity contribution in [2.75, 3.05) is 26.0 Å². The Hall–Kier alpha value is -1.28. The zero-order chi connectivity index (χ0) is 13.7. The number of hydrogen-bond acceptors (Lipinski definition) is 5. The van der Waals surface area contributed by atoms with E-state index in [4.69, 9.17) is 5.11 Å². The number of rotatable bonds is 6. The molecule has 2 atom stereocenters. The van der Waals surface area contributed by atoms with E-state index < -0.39 is 17.8 Å². The summed E-state index contributed by atoms with van der Waals surface area (Å²) in [6.45, 7) is 1.36. The highest BCUT2D eigenvalue weighted by atomic mass is 32.2. The molecule has 0 spiro atoms. The SMILES string of the molecule is CSC(CO)C(C)NC(=O)CN1C(=O)CNC1=O. The molecular formula is C10H17N3O4S. The highest BCUT2D eigenvalue weighted by Crippen LogP contribution is 2.10. The predicted octanol–water partition coefficient (Wildman–Crippen LogP) is -1.23. The molecule has 0 aromatic rings. The van der Waals surface area contributed by atoms with Gasteiger partial charge in [0.25, 0.3) is 5.91 Å². The minimum atomic E-state index is -0.550. The third kappa shape index (κ3) is 3.61. The zero-order valence-electron chi connectivity index (χ0n) is 10.3. The molecule has 0 aromatic heterocycles. The number of amides is 4. The summed E-state index contributed by atoms with van der Waals surface area (Å²) in [5.41, 5.74) is 0. The van der Waals surface area contributed by atoms with E-state index in [9.17, 15) is 14.4 Å². The van der Waals surface area contributed by atoms with Gasteiger partial charge in [-0.2, -0.15) is 11.8 Å². The zero-order valence-corrected chi connectivity index (χ0v) is 11.1. The van der Waals surface area contributed by atoms with Crippen LogP contribution in [0.15, 0.2) is 0 Å². The summed E-state index contributed by atoms with van der Waals surface area (Å²) in [6, 6.07) is -0.787. The van der Waals surface area contributed by atoms with Crippen molar-refractivity contribution in [3.63, 3.8) is 0 Å². The highest BCUT2D eigenvalue weighted by Gasteiger charge is 2.30. The van der Waals surface area contributed by atoms with Gasteiger partial charge >= 0.3 is 6.03 Å². The maximum atomic E-state index is 11.7. The van der Waals surface area contributed by atoms with Crippen molar-refractivity contribution in [3.05, 3.63) is 0 Å². The van der Waals surface area contributed by atoms with Crippen molar-refractivity contribution in [3.8, 4) is 0 Å². The van der Waals surface area contributed by atoms with E-state index in [2.05, 4.69) is 10.6 Å². The van der Waals surface area contributed by atoms with Gasteiger partial charge in [-0.3, -0.25) is 14.5 Å². The van der Waals surface area contributed by atoms with Gasteiger partial charge in [-0.15, -0.1) is 0 Å². The van der Waals surface area contributed by atoms with Gasteiger partial charge in [-0.05, 0) is 13.2 Å². The molecule has 1 aliphatic heterocycles. The Kier molecular flexibility index (Phi) is 5.42. The average molecular weight is 275 g/mol. The number of carbonyl (C=O) groups excluding carboxylic acids is 3. The third-order valence-corrected chi connectivity index (χ3v) is 3.83. The molecule has 4 amide bonds. The lowest BCUT2D eigenvalue weighted by Gasteiger charge is -2.22. The first kappa shape index (κ1) is 14.8. The van der Waals surface area contributed by atoms with Crippen LogP contribution in [0, 0.1) is 0 Å². The molecule has 0 saturated carbocycles. The van der Waals surface area contributed by atoms with Crippen LogP contribution < -0.4 is 10.6 Å². The third-order valence-electron chi connectivity index (χ3n) is 2.67. The van der Waals surface area contributed by atoms with Crippen molar-refractivity contribution in [2.24, 2.45) is 0 Å². The fourth-order valence-corrected chi connectivity index (χ4v) is 2.21. The monoisotopic (exact) mass is 275 g/mol. The minimum absolute atomic E-state index is 0.0499. The molecule has 0 aromatic carbocycles. The molecule has 8 heteroatoms. The van der Waals surface area contributed by atoms with Crippen LogP contribution in [-0.2, 0) is 9.59 Å². The Morgan fingerprint density at radius 2 is 2.28 bits per heavy atom. The van der Waals surface area contributed by atoms with Crippen LogP contribution in [0.25, 0.3) is 0 Å². The largest absolute Gasteiger partial charge is 0.395 e. The van der Waals surface area contributed by atoms with Crippen LogP contribution in [0.4, 0.5) is 4.79 Å². The Balaban J connectivity index is 2.46. The quantitative estimate of drug-likeness (QED) is 0.527. The number of aliphatic hydroxyl groups is 1. The molecule has 7 nitrogen and oxygen atoms in total. The molecule has 0 radical (unpaired) electrons. The summed E-state index contributed by atoms with van der Waals surface area (Å²) in [5, 5.41) is 14.0. The minimum Gasteiger partial charge on any atom is -0.395 e. The van der Waals surface area contributed by atoms with E-state index in [1.54, 1.807) is 6.92 Å². The van der Waals surface area contributed by atoms with Gasteiger partial charge in [0.2, 0.25) is 5.91 Å². The molecule has 18 heavy (non-hydrogen) atoms. The normalized spacial score (nSPS) is 18.5. The van der Waals surface area contributed by atoms with Gasteiger partial charge in [0.05, 0.1) is 13.2 Å². The number of urea groups is 1. The van der Waals surface area contributed by atoms with E-state index in [1.165, 1.54) is 11.8 Å². The van der Waals surface area contributed by atoms with E-state index >= 15 is 0 Å². The lowest BCUT2D eigenvalue weighted by atomic mass is 10.2. The fraction of sp³-hybridized carbons (Fsp3) is 0.700. The highest BCUT2D eigenvalue weighted by molar-refractivity contribution is 7.99. The first-order chi connectivity index (χ1) is 8.49. The smallest absolute Gasteiger partial charge is 0.325 e. The fourth-order valence-electron chi connectivity index (χ4n) is 1.59. The van der Waals surface area contributed by atoms with Gasteiger partial charge in [-0.1, -0.05) is 0 Å². The van der Waals surface area contributed by atoms with Crippen molar-refractivity contribution >= 4 is 29.6 Å². The van der Waals surface area contributed by atoms with Crippen LogP contribution in [0.1, 0.15) is 6.92 Å². The van der Waals surface area contributed by atoms with Crippen LogP contribution in [0.5, 0.6) is 0 Å². The second-order valence-electron chi connectivity index (χ2n) is 3.95. The number of aliphatic hydroxyl groups excluding tert-OH is 1. The van der Waals surface area contributed by atoms with Crippen molar-refractivity contribution in [1.82, 2.24) is 15.5 Å². The van der Waals surface area contributed by atoms with Crippen LogP contribution in [-0.4, -0.2) is 65.1 Å². The molecule has 2 unspecified atom stereocenters. The standard InChI is InChI=1S/C10H17N3O4S/c1-6(7(5-14)18-2)12-8(15)4-13-9(16)3-11-10(13)17/h6-7,14H,3-5H2,1-2H3,(H,11,17)(H,12,15). The molecule has 1 fully saturated rings. The molecule has 0 bridgehead atoms. The van der Waals surface area contributed by atoms with E-state index in [1.807, 2.05) is 6.26 Å². The molecule has 0 aliphatic carbocycles. The van der Waals surface area contributed by atoms with Crippen LogP contribution in [0.3, 0.4) is 0 Å². The maximum Gasteiger partial charge on any atom is 0.325 e. The Morgan fingerprint density at radius 3 is 2.72 bits per heavy atom. The summed E-state index contributed by atoms with van der Waals surface area (Å²) in [7, 11) is 0. The maximum absolute atomic E-state index is 11.7. The van der Waals surface area contributed by atoms with Gasteiger partial charge < -0.3 is 15.7 Å². The van der Waals surface area contributed by atoms with Crippen molar-refractivity contribution in [2.45, 2.75) is 18.2 Å². The first-order valence-electron chi connectivity index (χ1n) is 5.50. The number of thioether (sulfide) groups is 1. The summed E-state index contributed by atoms with van der Waals surface area (Å²) >= 11 is 1.44. The van der Waals surface area contributed by atoms with E-state index in [0.29, 0.717) is 0 Å². The summed E-state index contributed by atoms with van der Waals surface area (Å²) in [5.74, 6) is -0.827. The van der Waals surface area contributed by atoms with Gasteiger partial charge in [0.1, 0.15) is 6.54 Å². The first-order valence-corrected chi connectivity index (χ1v) is 6.79. The Bertz CT molecular complexity index is 330. The number of hydrogen-bond donors (Lipinski definition) is 3. The second-order valence-corrected chi connectivity index (χ2v) is 5.03. The number of nitrogens with zero attached hydrogens (tertiary/aromatic N) is 1. The van der Waals surface area contributed by atoms with E-state index in [0.717, 1.165) is 4.90 Å². The number of nitrogens with one attached hydrogen (secondary N) is 2. The van der Waals surface area contributed by atoms with Gasteiger partial charge in [-0.25, -0.2) is 4.79 Å². The molecular weight excluding hydrogens is 258 g/mol. The Labute approximate surface area is 109 Å². The molecule has 1 heterocycles. The van der Waals surface area contributed by atoms with Crippen LogP contribution >= 0.6 is 11.8 Å². The van der Waals surface area contributed by atoms with Crippen LogP contribution in [0.2, 0.25) is 0 Å². The number of imide groups is 1. The van der Waals surface area contributed by atoms with Crippen molar-refractivity contribution in [1.29, 1.82) is 0 Å². The summed E-state index contributed by atoms with van der Waals surface area (Å²) in [4.78, 5) is 35.0. The van der Waals surface area contributed by atoms with E-state index in [-0.39, 0.29) is 31.0 Å².